The van der Waals surface area contributed by atoms with E-state index in [9.17, 15) is 13.2 Å². The van der Waals surface area contributed by atoms with Gasteiger partial charge in [-0.1, -0.05) is 6.07 Å². The Kier molecular flexibility index (Phi) is 7.28. The van der Waals surface area contributed by atoms with Crippen LogP contribution in [0.3, 0.4) is 0 Å². The lowest BCUT2D eigenvalue weighted by Crippen LogP contribution is -2.43. The van der Waals surface area contributed by atoms with Gasteiger partial charge >= 0.3 is 0 Å². The van der Waals surface area contributed by atoms with Gasteiger partial charge in [-0.15, -0.1) is 0 Å². The van der Waals surface area contributed by atoms with Gasteiger partial charge in [-0.3, -0.25) is 4.79 Å². The summed E-state index contributed by atoms with van der Waals surface area (Å²) in [4.78, 5) is 14.4. The van der Waals surface area contributed by atoms with Gasteiger partial charge in [-0.25, -0.2) is 13.1 Å². The molecule has 1 atom stereocenters. The highest BCUT2D eigenvalue weighted by Gasteiger charge is 2.24. The molecule has 1 heterocycles. The molecule has 1 N–H and O–H groups in total. The minimum Gasteiger partial charge on any atom is -0.493 e. The third-order valence-electron chi connectivity index (χ3n) is 4.58. The van der Waals surface area contributed by atoms with Crippen LogP contribution in [0, 0.1) is 5.92 Å². The van der Waals surface area contributed by atoms with E-state index in [0.717, 1.165) is 31.2 Å². The van der Waals surface area contributed by atoms with Crippen molar-refractivity contribution in [2.45, 2.75) is 25.7 Å². The zero-order valence-electron chi connectivity index (χ0n) is 15.7. The molecule has 0 saturated carbocycles. The molecule has 1 aromatic carbocycles. The van der Waals surface area contributed by atoms with E-state index in [4.69, 9.17) is 9.47 Å². The number of carbonyl (C=O) groups is 1. The van der Waals surface area contributed by atoms with Crippen molar-refractivity contribution in [3.63, 3.8) is 0 Å². The molecule has 0 aliphatic carbocycles. The van der Waals surface area contributed by atoms with Crippen molar-refractivity contribution in [3.05, 3.63) is 23.8 Å². The lowest BCUT2D eigenvalue weighted by molar-refractivity contribution is -0.132. The molecule has 26 heavy (non-hydrogen) atoms. The second-order valence-corrected chi connectivity index (χ2v) is 8.49. The Morgan fingerprint density at radius 3 is 2.65 bits per heavy atom. The van der Waals surface area contributed by atoms with E-state index in [2.05, 4.69) is 4.72 Å². The molecule has 8 heteroatoms. The summed E-state index contributed by atoms with van der Waals surface area (Å²) in [7, 11) is -0.0172. The lowest BCUT2D eigenvalue weighted by Gasteiger charge is -2.33. The quantitative estimate of drug-likeness (QED) is 0.733. The van der Waals surface area contributed by atoms with E-state index in [0.29, 0.717) is 37.4 Å². The number of rotatable bonds is 8. The molecule has 0 bridgehead atoms. The van der Waals surface area contributed by atoms with Crippen LogP contribution in [0.5, 0.6) is 11.5 Å². The summed E-state index contributed by atoms with van der Waals surface area (Å²) in [6, 6.07) is 5.66. The van der Waals surface area contributed by atoms with Gasteiger partial charge in [0.15, 0.2) is 11.5 Å². The standard InChI is InChI=1S/C18H28N2O5S/c1-24-16-8-6-14(11-17(16)25-2)7-9-18(21)20-10-4-5-15(13-20)12-19-26(3,22)23/h6,8,11,15,19H,4-5,7,9-10,12-13H2,1-3H3. The lowest BCUT2D eigenvalue weighted by atomic mass is 9.97. The van der Waals surface area contributed by atoms with Crippen molar-refractivity contribution in [3.8, 4) is 11.5 Å². The monoisotopic (exact) mass is 384 g/mol. The van der Waals surface area contributed by atoms with E-state index in [1.807, 2.05) is 23.1 Å². The molecule has 1 unspecified atom stereocenters. The van der Waals surface area contributed by atoms with Gasteiger partial charge in [0.1, 0.15) is 0 Å². The van der Waals surface area contributed by atoms with Crippen molar-refractivity contribution < 1.29 is 22.7 Å². The summed E-state index contributed by atoms with van der Waals surface area (Å²) in [6.07, 6.45) is 4.03. The molecule has 146 valence electrons. The van der Waals surface area contributed by atoms with Crippen LogP contribution in [0.1, 0.15) is 24.8 Å². The summed E-state index contributed by atoms with van der Waals surface area (Å²) < 4.78 is 35.5. The van der Waals surface area contributed by atoms with E-state index < -0.39 is 10.0 Å². The molecule has 0 spiro atoms. The summed E-state index contributed by atoms with van der Waals surface area (Å²) in [5, 5.41) is 0. The van der Waals surface area contributed by atoms with Gasteiger partial charge in [0.05, 0.1) is 20.5 Å². The minimum atomic E-state index is -3.20. The number of ether oxygens (including phenoxy) is 2. The van der Waals surface area contributed by atoms with Crippen LogP contribution in [0.25, 0.3) is 0 Å². The molecule has 0 radical (unpaired) electrons. The Labute approximate surface area is 155 Å². The average Bonchev–Trinajstić information content (AvgIpc) is 2.63. The predicted octanol–water partition coefficient (Wildman–Crippen LogP) is 1.42. The predicted molar refractivity (Wildman–Crippen MR) is 100 cm³/mol. The van der Waals surface area contributed by atoms with Gasteiger partial charge in [-0.05, 0) is 42.9 Å². The van der Waals surface area contributed by atoms with Gasteiger partial charge < -0.3 is 14.4 Å². The second kappa shape index (κ2) is 9.23. The van der Waals surface area contributed by atoms with Crippen LogP contribution < -0.4 is 14.2 Å². The van der Waals surface area contributed by atoms with Crippen LogP contribution in [0.2, 0.25) is 0 Å². The minimum absolute atomic E-state index is 0.101. The van der Waals surface area contributed by atoms with Crippen LogP contribution in [-0.2, 0) is 21.2 Å². The van der Waals surface area contributed by atoms with Crippen LogP contribution in [0.15, 0.2) is 18.2 Å². The molecular formula is C18H28N2O5S. The molecule has 0 aromatic heterocycles. The maximum absolute atomic E-state index is 12.5. The SMILES string of the molecule is COc1ccc(CCC(=O)N2CCCC(CNS(C)(=O)=O)C2)cc1OC. The number of benzene rings is 1. The molecule has 1 fully saturated rings. The van der Waals surface area contributed by atoms with Gasteiger partial charge in [0, 0.05) is 26.1 Å². The number of likely N-dealkylation sites (tertiary alicyclic amines) is 1. The highest BCUT2D eigenvalue weighted by Crippen LogP contribution is 2.28. The van der Waals surface area contributed by atoms with Crippen LogP contribution in [-0.4, -0.2) is 59.3 Å². The topological polar surface area (TPSA) is 84.9 Å². The zero-order valence-corrected chi connectivity index (χ0v) is 16.5. The van der Waals surface area contributed by atoms with Gasteiger partial charge in [0.25, 0.3) is 0 Å². The third kappa shape index (κ3) is 6.17. The number of hydrogen-bond donors (Lipinski definition) is 1. The van der Waals surface area contributed by atoms with Crippen molar-refractivity contribution in [2.24, 2.45) is 5.92 Å². The summed E-state index contributed by atoms with van der Waals surface area (Å²) in [6.45, 7) is 1.73. The highest BCUT2D eigenvalue weighted by molar-refractivity contribution is 7.88. The van der Waals surface area contributed by atoms with Crippen LogP contribution >= 0.6 is 0 Å². The van der Waals surface area contributed by atoms with E-state index in [1.165, 1.54) is 0 Å². The van der Waals surface area contributed by atoms with E-state index in [1.54, 1.807) is 14.2 Å². The molecular weight excluding hydrogens is 356 g/mol. The molecule has 1 aliphatic heterocycles. The van der Waals surface area contributed by atoms with Gasteiger partial charge in [-0.2, -0.15) is 0 Å². The molecule has 7 nitrogen and oxygen atoms in total. The van der Waals surface area contributed by atoms with Crippen molar-refractivity contribution in [2.75, 3.05) is 40.1 Å². The van der Waals surface area contributed by atoms with Crippen LogP contribution in [0.4, 0.5) is 0 Å². The molecule has 1 aliphatic rings. The Hall–Kier alpha value is -1.80. The fourth-order valence-corrected chi connectivity index (χ4v) is 3.71. The Morgan fingerprint density at radius 2 is 2.00 bits per heavy atom. The molecule has 1 aromatic rings. The Morgan fingerprint density at radius 1 is 1.27 bits per heavy atom. The first-order valence-corrected chi connectivity index (χ1v) is 10.6. The number of sulfonamides is 1. The first-order valence-electron chi connectivity index (χ1n) is 8.75. The van der Waals surface area contributed by atoms with E-state index >= 15 is 0 Å². The number of carbonyl (C=O) groups excluding carboxylic acids is 1. The van der Waals surface area contributed by atoms with Crippen molar-refractivity contribution in [1.29, 1.82) is 0 Å². The number of amides is 1. The highest BCUT2D eigenvalue weighted by atomic mass is 32.2. The Balaban J connectivity index is 1.87. The van der Waals surface area contributed by atoms with E-state index in [-0.39, 0.29) is 11.8 Å². The molecule has 1 saturated heterocycles. The maximum atomic E-state index is 12.5. The summed E-state index contributed by atoms with van der Waals surface area (Å²) in [5.74, 6) is 1.59. The zero-order chi connectivity index (χ0) is 19.2. The summed E-state index contributed by atoms with van der Waals surface area (Å²) >= 11 is 0. The number of methoxy groups -OCH3 is 2. The maximum Gasteiger partial charge on any atom is 0.222 e. The fraction of sp³-hybridized carbons (Fsp3) is 0.611. The van der Waals surface area contributed by atoms with Gasteiger partial charge in [0.2, 0.25) is 15.9 Å². The first kappa shape index (κ1) is 20.5. The number of hydrogen-bond acceptors (Lipinski definition) is 5. The number of nitrogens with one attached hydrogen (secondary N) is 1. The number of piperidine rings is 1. The Bertz CT molecular complexity index is 720. The van der Waals surface area contributed by atoms with Crippen molar-refractivity contribution >= 4 is 15.9 Å². The van der Waals surface area contributed by atoms with Crippen molar-refractivity contribution in [1.82, 2.24) is 9.62 Å². The first-order chi connectivity index (χ1) is 12.3. The second-order valence-electron chi connectivity index (χ2n) is 6.66. The average molecular weight is 384 g/mol. The fourth-order valence-electron chi connectivity index (χ4n) is 3.17. The summed E-state index contributed by atoms with van der Waals surface area (Å²) in [5.41, 5.74) is 1.02. The molecule has 2 rings (SSSR count). The number of nitrogens with zero attached hydrogens (tertiary/aromatic N) is 1. The molecule has 1 amide bonds. The largest absolute Gasteiger partial charge is 0.493 e. The third-order valence-corrected chi connectivity index (χ3v) is 5.27. The normalized spacial score (nSPS) is 17.8. The smallest absolute Gasteiger partial charge is 0.222 e. The number of aryl methyl sites for hydroxylation is 1.